The van der Waals surface area contributed by atoms with Gasteiger partial charge < -0.3 is 5.73 Å². The van der Waals surface area contributed by atoms with Gasteiger partial charge in [0.25, 0.3) is 0 Å². The normalized spacial score (nSPS) is 18.1. The molecule has 1 saturated carbocycles. The Morgan fingerprint density at radius 2 is 2.06 bits per heavy atom. The molecule has 0 radical (unpaired) electrons. The van der Waals surface area contributed by atoms with E-state index in [1.807, 2.05) is 18.4 Å². The number of benzene rings is 1. The van der Waals surface area contributed by atoms with Gasteiger partial charge in [0.1, 0.15) is 0 Å². The zero-order chi connectivity index (χ0) is 12.7. The van der Waals surface area contributed by atoms with Gasteiger partial charge in [-0.15, -0.1) is 11.8 Å². The summed E-state index contributed by atoms with van der Waals surface area (Å²) in [6.07, 6.45) is 6.10. The average Bonchev–Trinajstić information content (AvgIpc) is 2.94. The lowest BCUT2D eigenvalue weighted by molar-refractivity contribution is 0.599. The maximum atomic E-state index is 11.6. The smallest absolute Gasteiger partial charge is 0.176 e. The van der Waals surface area contributed by atoms with Gasteiger partial charge in [0.05, 0.1) is 4.90 Å². The first-order chi connectivity index (χ1) is 7.84. The molecular weight excluding hydrogens is 254 g/mol. The fourth-order valence-corrected chi connectivity index (χ4v) is 3.85. The molecule has 0 atom stereocenters. The molecule has 3 nitrogen and oxygen atoms in total. The Kier molecular flexibility index (Phi) is 3.27. The minimum atomic E-state index is -3.14. The van der Waals surface area contributed by atoms with Crippen molar-refractivity contribution in [2.75, 3.05) is 12.5 Å². The third-order valence-electron chi connectivity index (χ3n) is 3.08. The fourth-order valence-electron chi connectivity index (χ4n) is 1.87. The molecule has 2 N–H and O–H groups in total. The van der Waals surface area contributed by atoms with Crippen LogP contribution in [0.1, 0.15) is 18.4 Å². The van der Waals surface area contributed by atoms with Crippen molar-refractivity contribution < 1.29 is 8.42 Å². The van der Waals surface area contributed by atoms with E-state index in [1.165, 1.54) is 18.0 Å². The summed E-state index contributed by atoms with van der Waals surface area (Å²) in [4.78, 5) is 1.23. The van der Waals surface area contributed by atoms with Crippen molar-refractivity contribution in [3.63, 3.8) is 0 Å². The van der Waals surface area contributed by atoms with E-state index in [0.717, 1.165) is 29.7 Å². The lowest BCUT2D eigenvalue weighted by Gasteiger charge is -2.11. The molecule has 5 heteroatoms. The molecule has 1 fully saturated rings. The first kappa shape index (κ1) is 12.9. The van der Waals surface area contributed by atoms with Crippen LogP contribution in [-0.2, 0) is 16.3 Å². The molecule has 94 valence electrons. The zero-order valence-corrected chi connectivity index (χ0v) is 11.7. The van der Waals surface area contributed by atoms with Crippen LogP contribution >= 0.6 is 11.8 Å². The Morgan fingerprint density at radius 1 is 1.41 bits per heavy atom. The average molecular weight is 271 g/mol. The monoisotopic (exact) mass is 271 g/mol. The Hall–Kier alpha value is -0.520. The molecule has 2 rings (SSSR count). The highest BCUT2D eigenvalue weighted by molar-refractivity contribution is 7.99. The van der Waals surface area contributed by atoms with Gasteiger partial charge in [-0.2, -0.15) is 0 Å². The Labute approximate surface area is 107 Å². The summed E-state index contributed by atoms with van der Waals surface area (Å²) in [7, 11) is -3.14. The van der Waals surface area contributed by atoms with Crippen molar-refractivity contribution in [3.05, 3.63) is 23.8 Å². The second kappa shape index (κ2) is 4.30. The van der Waals surface area contributed by atoms with Crippen LogP contribution in [-0.4, -0.2) is 26.5 Å². The molecule has 1 aromatic carbocycles. The van der Waals surface area contributed by atoms with Gasteiger partial charge in [0.15, 0.2) is 9.84 Å². The topological polar surface area (TPSA) is 60.2 Å². The number of thioether (sulfide) groups is 1. The third kappa shape index (κ3) is 3.03. The van der Waals surface area contributed by atoms with Crippen LogP contribution in [0.25, 0.3) is 0 Å². The van der Waals surface area contributed by atoms with Gasteiger partial charge in [-0.3, -0.25) is 0 Å². The second-order valence-electron chi connectivity index (χ2n) is 4.80. The van der Waals surface area contributed by atoms with Gasteiger partial charge in [-0.25, -0.2) is 8.42 Å². The van der Waals surface area contributed by atoms with Crippen LogP contribution in [0.5, 0.6) is 0 Å². The molecule has 0 saturated heterocycles. The van der Waals surface area contributed by atoms with Crippen LogP contribution in [0.4, 0.5) is 0 Å². The van der Waals surface area contributed by atoms with E-state index in [4.69, 9.17) is 5.73 Å². The van der Waals surface area contributed by atoms with E-state index in [0.29, 0.717) is 4.90 Å². The van der Waals surface area contributed by atoms with Crippen LogP contribution in [0.2, 0.25) is 0 Å². The summed E-state index contributed by atoms with van der Waals surface area (Å²) in [6, 6.07) is 5.53. The van der Waals surface area contributed by atoms with Crippen molar-refractivity contribution in [1.82, 2.24) is 0 Å². The molecular formula is C12H17NO2S2. The summed E-state index contributed by atoms with van der Waals surface area (Å²) < 4.78 is 23.2. The predicted molar refractivity (Wildman–Crippen MR) is 71.2 cm³/mol. The zero-order valence-electron chi connectivity index (χ0n) is 10.1. The van der Waals surface area contributed by atoms with Crippen molar-refractivity contribution in [3.8, 4) is 0 Å². The van der Waals surface area contributed by atoms with E-state index < -0.39 is 9.84 Å². The van der Waals surface area contributed by atoms with E-state index in [2.05, 4.69) is 0 Å². The van der Waals surface area contributed by atoms with Gasteiger partial charge in [-0.05, 0) is 43.2 Å². The highest BCUT2D eigenvalue weighted by Gasteiger charge is 2.38. The molecule has 0 aliphatic heterocycles. The molecule has 1 aliphatic rings. The fraction of sp³-hybridized carbons (Fsp3) is 0.500. The maximum absolute atomic E-state index is 11.6. The number of hydrogen-bond donors (Lipinski definition) is 1. The predicted octanol–water partition coefficient (Wildman–Crippen LogP) is 1.85. The summed E-state index contributed by atoms with van der Waals surface area (Å²) in [5, 5.41) is 0. The third-order valence-corrected chi connectivity index (χ3v) is 5.14. The largest absolute Gasteiger partial charge is 0.325 e. The van der Waals surface area contributed by atoms with Gasteiger partial charge in [0.2, 0.25) is 0 Å². The van der Waals surface area contributed by atoms with Crippen LogP contribution < -0.4 is 5.73 Å². The van der Waals surface area contributed by atoms with Crippen molar-refractivity contribution in [1.29, 1.82) is 0 Å². The van der Waals surface area contributed by atoms with Crippen molar-refractivity contribution in [2.45, 2.75) is 34.6 Å². The molecule has 0 aromatic heterocycles. The van der Waals surface area contributed by atoms with Gasteiger partial charge in [-0.1, -0.05) is 6.07 Å². The number of sulfone groups is 1. The Bertz CT molecular complexity index is 533. The number of hydrogen-bond acceptors (Lipinski definition) is 4. The van der Waals surface area contributed by atoms with Crippen LogP contribution in [0, 0.1) is 0 Å². The summed E-state index contributed by atoms with van der Waals surface area (Å²) in [5.74, 6) is 0. The van der Waals surface area contributed by atoms with E-state index in [-0.39, 0.29) is 5.54 Å². The Balaban J connectivity index is 2.34. The summed E-state index contributed by atoms with van der Waals surface area (Å²) >= 11 is 1.46. The molecule has 0 spiro atoms. The SMILES string of the molecule is CSc1cc(CC2(N)CC2)ccc1S(C)(=O)=O. The molecule has 1 aliphatic carbocycles. The van der Waals surface area contributed by atoms with Crippen molar-refractivity contribution in [2.24, 2.45) is 5.73 Å². The van der Waals surface area contributed by atoms with E-state index in [1.54, 1.807) is 6.07 Å². The van der Waals surface area contributed by atoms with Crippen LogP contribution in [0.3, 0.4) is 0 Å². The summed E-state index contributed by atoms with van der Waals surface area (Å²) in [5.41, 5.74) is 7.16. The molecule has 1 aromatic rings. The number of rotatable bonds is 4. The number of nitrogens with two attached hydrogens (primary N) is 1. The second-order valence-corrected chi connectivity index (χ2v) is 7.63. The van der Waals surface area contributed by atoms with Crippen LogP contribution in [0.15, 0.2) is 28.0 Å². The standard InChI is InChI=1S/C12H17NO2S2/c1-16-10-7-9(8-12(13)5-6-12)3-4-11(10)17(2,14)15/h3-4,7H,5-6,8,13H2,1-2H3. The van der Waals surface area contributed by atoms with Gasteiger partial charge >= 0.3 is 0 Å². The summed E-state index contributed by atoms with van der Waals surface area (Å²) in [6.45, 7) is 0. The molecule has 0 bridgehead atoms. The minimum Gasteiger partial charge on any atom is -0.325 e. The maximum Gasteiger partial charge on any atom is 0.176 e. The highest BCUT2D eigenvalue weighted by atomic mass is 32.2. The van der Waals surface area contributed by atoms with Crippen molar-refractivity contribution >= 4 is 21.6 Å². The highest BCUT2D eigenvalue weighted by Crippen LogP contribution is 2.36. The lowest BCUT2D eigenvalue weighted by Crippen LogP contribution is -2.24. The Morgan fingerprint density at radius 3 is 2.53 bits per heavy atom. The molecule has 17 heavy (non-hydrogen) atoms. The van der Waals surface area contributed by atoms with E-state index in [9.17, 15) is 8.42 Å². The minimum absolute atomic E-state index is 0.0394. The quantitative estimate of drug-likeness (QED) is 0.849. The first-order valence-corrected chi connectivity index (χ1v) is 8.62. The molecule has 0 amide bonds. The molecule has 0 unspecified atom stereocenters. The lowest BCUT2D eigenvalue weighted by atomic mass is 10.1. The van der Waals surface area contributed by atoms with E-state index >= 15 is 0 Å². The molecule has 0 heterocycles. The van der Waals surface area contributed by atoms with Gasteiger partial charge in [0, 0.05) is 16.7 Å². The first-order valence-electron chi connectivity index (χ1n) is 5.50.